The number of urea groups is 1. The molecule has 1 atom stereocenters. The van der Waals surface area contributed by atoms with Gasteiger partial charge in [-0.1, -0.05) is 50.2 Å². The van der Waals surface area contributed by atoms with Gasteiger partial charge in [0.1, 0.15) is 6.33 Å². The van der Waals surface area contributed by atoms with Crippen LogP contribution in [0.15, 0.2) is 65.4 Å². The standard InChI is InChI=1S/C25H29N7OS/c1-16(2)21-11-6-17(3)14-22(21)32-12-13-34-25(32)27-24(33)29-28-18(4)19-7-9-20(10-8-19)23-26-15-31(5)30-23/h6-16,18,28H,1-5H3,(H,29,33)/b27-25-. The van der Waals surface area contributed by atoms with Crippen molar-refractivity contribution in [2.75, 3.05) is 0 Å². The molecule has 0 aliphatic rings. The minimum atomic E-state index is -0.448. The zero-order chi connectivity index (χ0) is 24.2. The summed E-state index contributed by atoms with van der Waals surface area (Å²) in [6.07, 6.45) is 3.62. The molecule has 0 fully saturated rings. The van der Waals surface area contributed by atoms with Gasteiger partial charge in [-0.2, -0.15) is 10.1 Å². The third-order valence-corrected chi connectivity index (χ3v) is 6.27. The van der Waals surface area contributed by atoms with Crippen molar-refractivity contribution in [3.8, 4) is 17.1 Å². The van der Waals surface area contributed by atoms with Crippen molar-refractivity contribution in [3.05, 3.63) is 81.9 Å². The predicted molar refractivity (Wildman–Crippen MR) is 135 cm³/mol. The van der Waals surface area contributed by atoms with Crippen LogP contribution in [-0.2, 0) is 7.05 Å². The molecule has 0 spiro atoms. The number of rotatable bonds is 6. The predicted octanol–water partition coefficient (Wildman–Crippen LogP) is 4.64. The maximum atomic E-state index is 12.6. The monoisotopic (exact) mass is 475 g/mol. The number of nitrogens with one attached hydrogen (secondary N) is 2. The van der Waals surface area contributed by atoms with E-state index in [9.17, 15) is 4.79 Å². The summed E-state index contributed by atoms with van der Waals surface area (Å²) in [5.41, 5.74) is 11.1. The molecule has 4 aromatic rings. The van der Waals surface area contributed by atoms with E-state index >= 15 is 0 Å². The van der Waals surface area contributed by atoms with Crippen molar-refractivity contribution in [2.45, 2.75) is 39.7 Å². The Balaban J connectivity index is 1.45. The van der Waals surface area contributed by atoms with Crippen molar-refractivity contribution >= 4 is 17.4 Å². The van der Waals surface area contributed by atoms with Crippen LogP contribution in [0.5, 0.6) is 0 Å². The zero-order valence-corrected chi connectivity index (χ0v) is 20.8. The maximum Gasteiger partial charge on any atom is 0.357 e. The highest BCUT2D eigenvalue weighted by atomic mass is 32.1. The number of benzene rings is 2. The fourth-order valence-electron chi connectivity index (χ4n) is 3.65. The van der Waals surface area contributed by atoms with Crippen LogP contribution in [0.25, 0.3) is 17.1 Å². The molecule has 4 rings (SSSR count). The van der Waals surface area contributed by atoms with Gasteiger partial charge >= 0.3 is 6.03 Å². The van der Waals surface area contributed by atoms with Gasteiger partial charge in [0.05, 0.1) is 5.69 Å². The quantitative estimate of drug-likeness (QED) is 0.398. The van der Waals surface area contributed by atoms with Crippen LogP contribution in [0, 0.1) is 6.92 Å². The molecule has 0 aliphatic carbocycles. The topological polar surface area (TPSA) is 89.1 Å². The van der Waals surface area contributed by atoms with E-state index in [4.69, 9.17) is 0 Å². The lowest BCUT2D eigenvalue weighted by molar-refractivity contribution is 0.242. The first-order valence-corrected chi connectivity index (χ1v) is 12.0. The Morgan fingerprint density at radius 1 is 1.12 bits per heavy atom. The lowest BCUT2D eigenvalue weighted by Crippen LogP contribution is -2.38. The third kappa shape index (κ3) is 5.32. The van der Waals surface area contributed by atoms with E-state index in [0.717, 1.165) is 22.4 Å². The highest BCUT2D eigenvalue weighted by Gasteiger charge is 2.12. The van der Waals surface area contributed by atoms with Gasteiger partial charge in [-0.05, 0) is 42.5 Å². The van der Waals surface area contributed by atoms with Crippen LogP contribution in [0.3, 0.4) is 0 Å². The molecule has 2 aromatic heterocycles. The fourth-order valence-corrected chi connectivity index (χ4v) is 4.36. The van der Waals surface area contributed by atoms with Gasteiger partial charge in [0.25, 0.3) is 0 Å². The first-order chi connectivity index (χ1) is 16.3. The van der Waals surface area contributed by atoms with Crippen molar-refractivity contribution in [1.82, 2.24) is 30.2 Å². The minimum Gasteiger partial charge on any atom is -0.292 e. The minimum absolute atomic E-state index is 0.107. The highest BCUT2D eigenvalue weighted by molar-refractivity contribution is 7.07. The molecule has 0 bridgehead atoms. The average molecular weight is 476 g/mol. The lowest BCUT2D eigenvalue weighted by atomic mass is 9.99. The number of carbonyl (C=O) groups excluding carboxylic acids is 1. The van der Waals surface area contributed by atoms with Crippen LogP contribution < -0.4 is 15.7 Å². The summed E-state index contributed by atoms with van der Waals surface area (Å²) in [5.74, 6) is 1.03. The van der Waals surface area contributed by atoms with Crippen LogP contribution >= 0.6 is 11.3 Å². The van der Waals surface area contributed by atoms with Crippen LogP contribution in [0.2, 0.25) is 0 Å². The van der Waals surface area contributed by atoms with Crippen molar-refractivity contribution < 1.29 is 4.79 Å². The molecular weight excluding hydrogens is 446 g/mol. The second-order valence-electron chi connectivity index (χ2n) is 8.54. The number of carbonyl (C=O) groups is 1. The molecular formula is C25H29N7OS. The number of hydrogen-bond donors (Lipinski definition) is 2. The van der Waals surface area contributed by atoms with E-state index in [1.165, 1.54) is 16.9 Å². The zero-order valence-electron chi connectivity index (χ0n) is 20.0. The molecule has 1 unspecified atom stereocenters. The molecule has 2 amide bonds. The summed E-state index contributed by atoms with van der Waals surface area (Å²) in [4.78, 5) is 21.8. The number of hydrazine groups is 1. The van der Waals surface area contributed by atoms with Gasteiger partial charge in [-0.3, -0.25) is 14.7 Å². The Bertz CT molecular complexity index is 1350. The second-order valence-corrected chi connectivity index (χ2v) is 9.42. The van der Waals surface area contributed by atoms with Gasteiger partial charge in [0.15, 0.2) is 10.6 Å². The van der Waals surface area contributed by atoms with E-state index in [2.05, 4.69) is 64.9 Å². The van der Waals surface area contributed by atoms with Crippen LogP contribution in [0.4, 0.5) is 4.79 Å². The van der Waals surface area contributed by atoms with Gasteiger partial charge in [0, 0.05) is 30.2 Å². The Morgan fingerprint density at radius 2 is 1.88 bits per heavy atom. The molecule has 2 N–H and O–H groups in total. The molecule has 34 heavy (non-hydrogen) atoms. The Hall–Kier alpha value is -3.56. The van der Waals surface area contributed by atoms with Gasteiger partial charge in [0.2, 0.25) is 0 Å². The summed E-state index contributed by atoms with van der Waals surface area (Å²) in [5, 5.41) is 6.26. The Kier molecular flexibility index (Phi) is 7.04. The smallest absolute Gasteiger partial charge is 0.292 e. The number of nitrogens with zero attached hydrogens (tertiary/aromatic N) is 5. The Morgan fingerprint density at radius 3 is 2.56 bits per heavy atom. The van der Waals surface area contributed by atoms with Gasteiger partial charge in [-0.15, -0.1) is 11.3 Å². The molecule has 0 radical (unpaired) electrons. The SMILES string of the molecule is Cc1ccc(C(C)C)c(-n2ccs/c2=N\C(=O)NNC(C)c2ccc(-c3ncn(C)n3)cc2)c1. The largest absolute Gasteiger partial charge is 0.357 e. The summed E-state index contributed by atoms with van der Waals surface area (Å²) < 4.78 is 3.65. The summed E-state index contributed by atoms with van der Waals surface area (Å²) in [6, 6.07) is 13.7. The summed E-state index contributed by atoms with van der Waals surface area (Å²) in [6.45, 7) is 8.36. The van der Waals surface area contributed by atoms with Gasteiger partial charge < -0.3 is 0 Å². The fraction of sp³-hybridized carbons (Fsp3) is 0.280. The molecule has 176 valence electrons. The number of thiazole rings is 1. The van der Waals surface area contributed by atoms with Gasteiger partial charge in [-0.25, -0.2) is 15.2 Å². The maximum absolute atomic E-state index is 12.6. The average Bonchev–Trinajstić information content (AvgIpc) is 3.46. The highest BCUT2D eigenvalue weighted by Crippen LogP contribution is 2.24. The molecule has 2 heterocycles. The normalized spacial score (nSPS) is 12.8. The summed E-state index contributed by atoms with van der Waals surface area (Å²) >= 11 is 1.42. The van der Waals surface area contributed by atoms with Crippen LogP contribution in [0.1, 0.15) is 49.4 Å². The van der Waals surface area contributed by atoms with E-state index in [0.29, 0.717) is 16.5 Å². The third-order valence-electron chi connectivity index (χ3n) is 5.52. The molecule has 0 saturated heterocycles. The first-order valence-electron chi connectivity index (χ1n) is 11.1. The Labute approximate surface area is 203 Å². The summed E-state index contributed by atoms with van der Waals surface area (Å²) in [7, 11) is 1.84. The molecule has 2 aromatic carbocycles. The van der Waals surface area contributed by atoms with E-state index < -0.39 is 6.03 Å². The van der Waals surface area contributed by atoms with E-state index in [1.54, 1.807) is 11.0 Å². The van der Waals surface area contributed by atoms with Crippen molar-refractivity contribution in [2.24, 2.45) is 12.0 Å². The first kappa shape index (κ1) is 23.6. The number of aromatic nitrogens is 4. The number of hydrogen-bond acceptors (Lipinski definition) is 5. The molecule has 0 aliphatic heterocycles. The van der Waals surface area contributed by atoms with Crippen molar-refractivity contribution in [3.63, 3.8) is 0 Å². The molecule has 0 saturated carbocycles. The van der Waals surface area contributed by atoms with Crippen LogP contribution in [-0.4, -0.2) is 25.4 Å². The molecule has 8 nitrogen and oxygen atoms in total. The lowest BCUT2D eigenvalue weighted by Gasteiger charge is -2.15. The van der Waals surface area contributed by atoms with Crippen molar-refractivity contribution in [1.29, 1.82) is 0 Å². The van der Waals surface area contributed by atoms with E-state index in [1.807, 2.05) is 54.4 Å². The second kappa shape index (κ2) is 10.1. The number of amides is 2. The number of aryl methyl sites for hydroxylation is 2. The van der Waals surface area contributed by atoms with E-state index in [-0.39, 0.29) is 6.04 Å². The molecule has 9 heteroatoms.